The van der Waals surface area contributed by atoms with Crippen LogP contribution >= 0.6 is 11.3 Å². The molecule has 1 amide bonds. The van der Waals surface area contributed by atoms with E-state index >= 15 is 0 Å². The lowest BCUT2D eigenvalue weighted by atomic mass is 10.0. The van der Waals surface area contributed by atoms with Gasteiger partial charge in [-0.05, 0) is 31.0 Å². The molecule has 6 nitrogen and oxygen atoms in total. The number of anilines is 1. The molecular weight excluding hydrogens is 400 g/mol. The molecule has 2 unspecified atom stereocenters. The summed E-state index contributed by atoms with van der Waals surface area (Å²) in [7, 11) is 0. The van der Waals surface area contributed by atoms with Crippen LogP contribution in [0, 0.1) is 0 Å². The maximum atomic E-state index is 13.0. The molecule has 4 rings (SSSR count). The number of carbonyl (C=O) groups is 2. The average molecular weight is 423 g/mol. The first kappa shape index (κ1) is 20.1. The third-order valence-electron chi connectivity index (χ3n) is 5.18. The molecule has 3 aromatic rings. The molecule has 2 heterocycles. The molecule has 1 aliphatic rings. The van der Waals surface area contributed by atoms with Gasteiger partial charge in [-0.2, -0.15) is 0 Å². The Morgan fingerprint density at radius 1 is 1.20 bits per heavy atom. The molecule has 0 aliphatic carbocycles. The number of thiazole rings is 1. The highest BCUT2D eigenvalue weighted by Gasteiger charge is 2.39. The Labute approximate surface area is 178 Å². The number of carboxylic acids is 1. The van der Waals surface area contributed by atoms with E-state index in [2.05, 4.69) is 0 Å². The van der Waals surface area contributed by atoms with Gasteiger partial charge >= 0.3 is 5.97 Å². The van der Waals surface area contributed by atoms with Crippen LogP contribution in [0.1, 0.15) is 26.7 Å². The predicted molar refractivity (Wildman–Crippen MR) is 117 cm³/mol. The van der Waals surface area contributed by atoms with Crippen molar-refractivity contribution in [3.8, 4) is 27.6 Å². The fourth-order valence-electron chi connectivity index (χ4n) is 3.61. The Balaban J connectivity index is 1.76. The number of ether oxygens (including phenoxy) is 1. The van der Waals surface area contributed by atoms with E-state index in [4.69, 9.17) is 9.72 Å². The Morgan fingerprint density at radius 2 is 1.97 bits per heavy atom. The summed E-state index contributed by atoms with van der Waals surface area (Å²) < 4.78 is 5.86. The van der Waals surface area contributed by atoms with Gasteiger partial charge in [0.25, 0.3) is 5.91 Å². The third-order valence-corrected chi connectivity index (χ3v) is 6.07. The van der Waals surface area contributed by atoms with Crippen LogP contribution in [-0.4, -0.2) is 34.1 Å². The molecule has 0 fully saturated rings. The van der Waals surface area contributed by atoms with Crippen LogP contribution < -0.4 is 9.64 Å². The number of hydrogen-bond acceptors (Lipinski definition) is 5. The molecule has 0 spiro atoms. The summed E-state index contributed by atoms with van der Waals surface area (Å²) in [6.45, 7) is 3.61. The molecule has 0 saturated carbocycles. The highest BCUT2D eigenvalue weighted by Crippen LogP contribution is 2.40. The van der Waals surface area contributed by atoms with Crippen molar-refractivity contribution in [2.75, 3.05) is 4.90 Å². The van der Waals surface area contributed by atoms with Gasteiger partial charge in [0.05, 0.1) is 11.4 Å². The van der Waals surface area contributed by atoms with E-state index in [-0.39, 0.29) is 5.91 Å². The first-order chi connectivity index (χ1) is 14.5. The minimum atomic E-state index is -1.03. The van der Waals surface area contributed by atoms with Crippen molar-refractivity contribution >= 4 is 28.9 Å². The Kier molecular flexibility index (Phi) is 5.55. The number of rotatable bonds is 6. The van der Waals surface area contributed by atoms with E-state index in [9.17, 15) is 14.7 Å². The summed E-state index contributed by atoms with van der Waals surface area (Å²) in [4.78, 5) is 30.9. The standard InChI is InChI=1S/C23H22N2O4S/c1-3-17(23(27)28)25-18-12-15(10-11-20(18)29-19(4-2)22(25)26)16-13-30-21(24-16)14-8-6-5-7-9-14/h5-13,17,19H,3-4H2,1-2H3,(H,27,28). The van der Waals surface area contributed by atoms with Crippen molar-refractivity contribution in [2.45, 2.75) is 38.8 Å². The first-order valence-corrected chi connectivity index (χ1v) is 10.8. The number of nitrogens with zero attached hydrogens (tertiary/aromatic N) is 2. The van der Waals surface area contributed by atoms with Gasteiger partial charge in [-0.1, -0.05) is 44.2 Å². The van der Waals surface area contributed by atoms with Gasteiger partial charge in [0.1, 0.15) is 16.8 Å². The topological polar surface area (TPSA) is 79.7 Å². The molecule has 7 heteroatoms. The van der Waals surface area contributed by atoms with Gasteiger partial charge in [0.2, 0.25) is 0 Å². The zero-order valence-corrected chi connectivity index (χ0v) is 17.6. The van der Waals surface area contributed by atoms with Crippen LogP contribution in [0.3, 0.4) is 0 Å². The molecule has 2 aromatic carbocycles. The van der Waals surface area contributed by atoms with E-state index in [1.54, 1.807) is 19.1 Å². The van der Waals surface area contributed by atoms with Gasteiger partial charge in [0.15, 0.2) is 6.10 Å². The highest BCUT2D eigenvalue weighted by atomic mass is 32.1. The van der Waals surface area contributed by atoms with Crippen molar-refractivity contribution in [3.63, 3.8) is 0 Å². The minimum Gasteiger partial charge on any atom is -0.480 e. The van der Waals surface area contributed by atoms with Crippen molar-refractivity contribution in [1.29, 1.82) is 0 Å². The second-order valence-corrected chi connectivity index (χ2v) is 7.93. The maximum absolute atomic E-state index is 13.0. The Hall–Kier alpha value is -3.19. The van der Waals surface area contributed by atoms with Gasteiger partial charge in [-0.25, -0.2) is 9.78 Å². The van der Waals surface area contributed by atoms with Crippen molar-refractivity contribution in [1.82, 2.24) is 4.98 Å². The van der Waals surface area contributed by atoms with Crippen molar-refractivity contribution in [2.24, 2.45) is 0 Å². The summed E-state index contributed by atoms with van der Waals surface area (Å²) >= 11 is 1.54. The van der Waals surface area contributed by atoms with Crippen molar-refractivity contribution in [3.05, 3.63) is 53.9 Å². The number of hydrogen-bond donors (Lipinski definition) is 1. The molecule has 1 N–H and O–H groups in total. The molecular formula is C23H22N2O4S. The quantitative estimate of drug-likeness (QED) is 0.615. The van der Waals surface area contributed by atoms with Crippen LogP contribution in [-0.2, 0) is 9.59 Å². The molecule has 1 aliphatic heterocycles. The molecule has 0 bridgehead atoms. The zero-order chi connectivity index (χ0) is 21.3. The molecule has 1 aromatic heterocycles. The third kappa shape index (κ3) is 3.57. The summed E-state index contributed by atoms with van der Waals surface area (Å²) in [6, 6.07) is 14.5. The smallest absolute Gasteiger partial charge is 0.326 e. The maximum Gasteiger partial charge on any atom is 0.326 e. The summed E-state index contributed by atoms with van der Waals surface area (Å²) in [5, 5.41) is 12.6. The molecule has 0 saturated heterocycles. The minimum absolute atomic E-state index is 0.302. The van der Waals surface area contributed by atoms with E-state index in [0.717, 1.165) is 21.8 Å². The molecule has 2 atom stereocenters. The average Bonchev–Trinajstić information content (AvgIpc) is 3.26. The lowest BCUT2D eigenvalue weighted by molar-refractivity contribution is -0.141. The van der Waals surface area contributed by atoms with E-state index in [0.29, 0.717) is 24.3 Å². The molecule has 154 valence electrons. The number of amides is 1. The molecule has 0 radical (unpaired) electrons. The van der Waals surface area contributed by atoms with Gasteiger partial charge in [-0.3, -0.25) is 9.69 Å². The monoisotopic (exact) mass is 422 g/mol. The number of carboxylic acid groups (broad SMARTS) is 1. The van der Waals surface area contributed by atoms with Gasteiger partial charge < -0.3 is 9.84 Å². The number of fused-ring (bicyclic) bond motifs is 1. The largest absolute Gasteiger partial charge is 0.480 e. The lowest BCUT2D eigenvalue weighted by Crippen LogP contribution is -2.53. The Bertz CT molecular complexity index is 1080. The van der Waals surface area contributed by atoms with Gasteiger partial charge in [0, 0.05) is 16.5 Å². The lowest BCUT2D eigenvalue weighted by Gasteiger charge is -2.37. The predicted octanol–water partition coefficient (Wildman–Crippen LogP) is 4.84. The normalized spacial score (nSPS) is 16.7. The number of benzene rings is 2. The second-order valence-electron chi connectivity index (χ2n) is 7.07. The van der Waals surface area contributed by atoms with E-state index < -0.39 is 18.1 Å². The summed E-state index contributed by atoms with van der Waals surface area (Å²) in [6.07, 6.45) is 0.0930. The fourth-order valence-corrected chi connectivity index (χ4v) is 4.44. The second kappa shape index (κ2) is 8.28. The Morgan fingerprint density at radius 3 is 2.63 bits per heavy atom. The summed E-state index contributed by atoms with van der Waals surface area (Å²) in [5.74, 6) is -0.831. The van der Waals surface area contributed by atoms with E-state index in [1.807, 2.05) is 48.7 Å². The van der Waals surface area contributed by atoms with Crippen LogP contribution in [0.5, 0.6) is 5.75 Å². The van der Waals surface area contributed by atoms with Crippen LogP contribution in [0.2, 0.25) is 0 Å². The SMILES string of the molecule is CCC1Oc2ccc(-c3csc(-c4ccccc4)n3)cc2N(C(CC)C(=O)O)C1=O. The number of carbonyl (C=O) groups excluding carboxylic acids is 1. The number of aromatic nitrogens is 1. The molecule has 30 heavy (non-hydrogen) atoms. The number of aliphatic carboxylic acids is 1. The van der Waals surface area contributed by atoms with Crippen LogP contribution in [0.4, 0.5) is 5.69 Å². The van der Waals surface area contributed by atoms with Crippen LogP contribution in [0.15, 0.2) is 53.9 Å². The van der Waals surface area contributed by atoms with E-state index in [1.165, 1.54) is 16.2 Å². The highest BCUT2D eigenvalue weighted by molar-refractivity contribution is 7.13. The zero-order valence-electron chi connectivity index (χ0n) is 16.7. The van der Waals surface area contributed by atoms with Crippen LogP contribution in [0.25, 0.3) is 21.8 Å². The fraction of sp³-hybridized carbons (Fsp3) is 0.261. The van der Waals surface area contributed by atoms with Gasteiger partial charge in [-0.15, -0.1) is 11.3 Å². The summed E-state index contributed by atoms with van der Waals surface area (Å²) in [5.41, 5.74) is 3.10. The first-order valence-electron chi connectivity index (χ1n) is 9.91. The van der Waals surface area contributed by atoms with Crippen molar-refractivity contribution < 1.29 is 19.4 Å².